The van der Waals surface area contributed by atoms with Crippen LogP contribution in [0.15, 0.2) is 18.2 Å². The lowest BCUT2D eigenvalue weighted by Crippen LogP contribution is -2.28. The fourth-order valence-electron chi connectivity index (χ4n) is 2.61. The zero-order valence-electron chi connectivity index (χ0n) is 13.0. The first-order valence-electron chi connectivity index (χ1n) is 7.32. The van der Waals surface area contributed by atoms with Crippen LogP contribution in [-0.4, -0.2) is 38.6 Å². The summed E-state index contributed by atoms with van der Waals surface area (Å²) in [6.45, 7) is 4.42. The molecule has 118 valence electrons. The van der Waals surface area contributed by atoms with E-state index in [4.69, 9.17) is 5.73 Å². The molecule has 0 atom stereocenters. The number of hydrogen-bond donors (Lipinski definition) is 2. The molecular weight excluding hydrogens is 294 g/mol. The van der Waals surface area contributed by atoms with Crippen molar-refractivity contribution < 1.29 is 9.59 Å². The van der Waals surface area contributed by atoms with Crippen molar-refractivity contribution in [1.82, 2.24) is 19.9 Å². The largest absolute Gasteiger partial charge is 0.382 e. The second kappa shape index (κ2) is 5.68. The predicted molar refractivity (Wildman–Crippen MR) is 88.0 cm³/mol. The van der Waals surface area contributed by atoms with E-state index >= 15 is 0 Å². The molecule has 3 rings (SSSR count). The molecule has 23 heavy (non-hydrogen) atoms. The van der Waals surface area contributed by atoms with E-state index in [1.54, 1.807) is 17.0 Å². The standard InChI is InChI=1S/C16H17N5O2/c1-3-21(9(2)23)7-13-19-14-11-5-4-10(8-22)6-12(11)18-16(17)15(14)20-13/h4-6,8H,3,7H2,1-2H3,(H2,17,18)(H,19,20). The Morgan fingerprint density at radius 2 is 2.17 bits per heavy atom. The molecule has 2 heterocycles. The average molecular weight is 311 g/mol. The van der Waals surface area contributed by atoms with Gasteiger partial charge in [0.05, 0.1) is 17.6 Å². The number of nitrogens with one attached hydrogen (secondary N) is 1. The van der Waals surface area contributed by atoms with Crippen LogP contribution in [0.4, 0.5) is 5.82 Å². The van der Waals surface area contributed by atoms with Gasteiger partial charge in [-0.1, -0.05) is 6.07 Å². The molecular formula is C16H17N5O2. The number of anilines is 1. The third-order valence-electron chi connectivity index (χ3n) is 3.83. The summed E-state index contributed by atoms with van der Waals surface area (Å²) in [7, 11) is 0. The molecule has 0 fully saturated rings. The number of hydrogen-bond acceptors (Lipinski definition) is 5. The molecule has 0 radical (unpaired) electrons. The normalized spacial score (nSPS) is 11.0. The quantitative estimate of drug-likeness (QED) is 0.716. The maximum atomic E-state index is 11.6. The lowest BCUT2D eigenvalue weighted by molar-refractivity contribution is -0.129. The highest BCUT2D eigenvalue weighted by Gasteiger charge is 2.15. The smallest absolute Gasteiger partial charge is 0.219 e. The molecule has 0 saturated carbocycles. The van der Waals surface area contributed by atoms with Gasteiger partial charge >= 0.3 is 0 Å². The second-order valence-electron chi connectivity index (χ2n) is 5.33. The van der Waals surface area contributed by atoms with Crippen LogP contribution in [-0.2, 0) is 11.3 Å². The number of nitrogens with zero attached hydrogens (tertiary/aromatic N) is 3. The van der Waals surface area contributed by atoms with Crippen LogP contribution in [0.5, 0.6) is 0 Å². The Labute approximate surface area is 132 Å². The van der Waals surface area contributed by atoms with Gasteiger partial charge in [-0.05, 0) is 19.1 Å². The molecule has 0 aliphatic heterocycles. The summed E-state index contributed by atoms with van der Waals surface area (Å²) in [5.74, 6) is 0.931. The number of fused-ring (bicyclic) bond motifs is 3. The second-order valence-corrected chi connectivity index (χ2v) is 5.33. The van der Waals surface area contributed by atoms with Gasteiger partial charge < -0.3 is 15.6 Å². The molecule has 3 aromatic rings. The Bertz CT molecular complexity index is 916. The number of nitrogen functional groups attached to an aromatic ring is 1. The Balaban J connectivity index is 2.14. The number of H-pyrrole nitrogens is 1. The van der Waals surface area contributed by atoms with Crippen LogP contribution in [0.1, 0.15) is 30.0 Å². The summed E-state index contributed by atoms with van der Waals surface area (Å²) in [5, 5.41) is 0.837. The number of aromatic amines is 1. The fourth-order valence-corrected chi connectivity index (χ4v) is 2.61. The highest BCUT2D eigenvalue weighted by molar-refractivity contribution is 6.07. The van der Waals surface area contributed by atoms with Gasteiger partial charge in [-0.3, -0.25) is 9.59 Å². The first-order chi connectivity index (χ1) is 11.0. The van der Waals surface area contributed by atoms with Gasteiger partial charge in [0.1, 0.15) is 17.6 Å². The molecule has 2 aromatic heterocycles. The third-order valence-corrected chi connectivity index (χ3v) is 3.83. The van der Waals surface area contributed by atoms with E-state index in [2.05, 4.69) is 15.0 Å². The van der Waals surface area contributed by atoms with Gasteiger partial charge in [-0.2, -0.15) is 0 Å². The third kappa shape index (κ3) is 2.61. The number of aromatic nitrogens is 3. The molecule has 7 heteroatoms. The van der Waals surface area contributed by atoms with Gasteiger partial charge in [0.25, 0.3) is 0 Å². The predicted octanol–water partition coefficient (Wildman–Crippen LogP) is 1.87. The number of rotatable bonds is 4. The molecule has 3 N–H and O–H groups in total. The summed E-state index contributed by atoms with van der Waals surface area (Å²) in [6.07, 6.45) is 0.770. The van der Waals surface area contributed by atoms with Gasteiger partial charge in [0.15, 0.2) is 5.82 Å². The van der Waals surface area contributed by atoms with E-state index in [-0.39, 0.29) is 5.91 Å². The number of benzene rings is 1. The molecule has 1 aromatic carbocycles. The van der Waals surface area contributed by atoms with Gasteiger partial charge in [-0.15, -0.1) is 0 Å². The summed E-state index contributed by atoms with van der Waals surface area (Å²) < 4.78 is 0. The minimum absolute atomic E-state index is 0.0143. The van der Waals surface area contributed by atoms with E-state index in [0.717, 1.165) is 17.2 Å². The number of carbonyl (C=O) groups excluding carboxylic acids is 2. The van der Waals surface area contributed by atoms with Gasteiger partial charge in [0.2, 0.25) is 5.91 Å². The Morgan fingerprint density at radius 3 is 2.83 bits per heavy atom. The van der Waals surface area contributed by atoms with Crippen molar-refractivity contribution in [2.45, 2.75) is 20.4 Å². The van der Waals surface area contributed by atoms with Gasteiger partial charge in [0, 0.05) is 24.4 Å². The molecule has 0 unspecified atom stereocenters. The van der Waals surface area contributed by atoms with E-state index in [0.29, 0.717) is 41.3 Å². The van der Waals surface area contributed by atoms with Crippen molar-refractivity contribution in [1.29, 1.82) is 0 Å². The van der Waals surface area contributed by atoms with Crippen molar-refractivity contribution in [3.63, 3.8) is 0 Å². The van der Waals surface area contributed by atoms with Crippen molar-refractivity contribution in [3.05, 3.63) is 29.6 Å². The molecule has 0 bridgehead atoms. The van der Waals surface area contributed by atoms with E-state index in [1.807, 2.05) is 13.0 Å². The zero-order valence-corrected chi connectivity index (χ0v) is 13.0. The summed E-state index contributed by atoms with van der Waals surface area (Å²) in [5.41, 5.74) is 8.50. The van der Waals surface area contributed by atoms with Crippen LogP contribution in [0.2, 0.25) is 0 Å². The van der Waals surface area contributed by atoms with Gasteiger partial charge in [-0.25, -0.2) is 9.97 Å². The van der Waals surface area contributed by atoms with E-state index < -0.39 is 0 Å². The fraction of sp³-hybridized carbons (Fsp3) is 0.250. The van der Waals surface area contributed by atoms with Crippen LogP contribution >= 0.6 is 0 Å². The van der Waals surface area contributed by atoms with Crippen molar-refractivity contribution >= 4 is 39.9 Å². The molecule has 0 aliphatic carbocycles. The number of pyridine rings is 1. The number of nitrogens with two attached hydrogens (primary N) is 1. The van der Waals surface area contributed by atoms with Crippen LogP contribution in [0.3, 0.4) is 0 Å². The Morgan fingerprint density at radius 1 is 1.39 bits per heavy atom. The number of aldehydes is 1. The molecule has 1 amide bonds. The van der Waals surface area contributed by atoms with E-state index in [1.165, 1.54) is 6.92 Å². The maximum absolute atomic E-state index is 11.6. The van der Waals surface area contributed by atoms with Crippen LogP contribution < -0.4 is 5.73 Å². The highest BCUT2D eigenvalue weighted by atomic mass is 16.2. The highest BCUT2D eigenvalue weighted by Crippen LogP contribution is 2.26. The number of carbonyl (C=O) groups is 2. The first-order valence-corrected chi connectivity index (χ1v) is 7.32. The Hall–Kier alpha value is -2.96. The summed E-state index contributed by atoms with van der Waals surface area (Å²) >= 11 is 0. The topological polar surface area (TPSA) is 105 Å². The van der Waals surface area contributed by atoms with Crippen molar-refractivity contribution in [2.24, 2.45) is 0 Å². The molecule has 0 spiro atoms. The van der Waals surface area contributed by atoms with Crippen molar-refractivity contribution in [3.8, 4) is 0 Å². The summed E-state index contributed by atoms with van der Waals surface area (Å²) in [6, 6.07) is 5.23. The molecule has 0 aliphatic rings. The van der Waals surface area contributed by atoms with Crippen LogP contribution in [0, 0.1) is 0 Å². The lowest BCUT2D eigenvalue weighted by atomic mass is 10.1. The molecule has 0 saturated heterocycles. The number of amides is 1. The average Bonchev–Trinajstić information content (AvgIpc) is 2.96. The van der Waals surface area contributed by atoms with E-state index in [9.17, 15) is 9.59 Å². The maximum Gasteiger partial charge on any atom is 0.219 e. The van der Waals surface area contributed by atoms with Crippen LogP contribution in [0.25, 0.3) is 21.9 Å². The Kier molecular flexibility index (Phi) is 3.69. The number of imidazole rings is 1. The SMILES string of the molecule is CCN(Cc1nc2c(N)nc3cc(C=O)ccc3c2[nH]1)C(C)=O. The minimum atomic E-state index is -0.0143. The monoisotopic (exact) mass is 311 g/mol. The lowest BCUT2D eigenvalue weighted by Gasteiger charge is -2.16. The zero-order chi connectivity index (χ0) is 16.6. The minimum Gasteiger partial charge on any atom is -0.382 e. The summed E-state index contributed by atoms with van der Waals surface area (Å²) in [4.78, 5) is 36.1. The van der Waals surface area contributed by atoms with Crippen molar-refractivity contribution in [2.75, 3.05) is 12.3 Å². The molecule has 7 nitrogen and oxygen atoms in total. The first kappa shape index (κ1) is 15.0.